The van der Waals surface area contributed by atoms with Crippen LogP contribution in [0, 0.1) is 0 Å². The van der Waals surface area contributed by atoms with Gasteiger partial charge in [0.1, 0.15) is 17.2 Å². The molecular weight excluding hydrogens is 300 g/mol. The molecule has 138 valence electrons. The Balaban J connectivity index is 3.57. The van der Waals surface area contributed by atoms with E-state index in [9.17, 15) is 0 Å². The van der Waals surface area contributed by atoms with Crippen molar-refractivity contribution in [2.24, 2.45) is 0 Å². The van der Waals surface area contributed by atoms with Crippen molar-refractivity contribution in [2.75, 3.05) is 19.8 Å². The molecule has 1 aromatic carbocycles. The van der Waals surface area contributed by atoms with Crippen LogP contribution in [0.2, 0.25) is 0 Å². The van der Waals surface area contributed by atoms with Gasteiger partial charge in [0.25, 0.3) is 0 Å². The first-order valence-corrected chi connectivity index (χ1v) is 9.78. The van der Waals surface area contributed by atoms with Gasteiger partial charge in [0.2, 0.25) is 0 Å². The molecule has 24 heavy (non-hydrogen) atoms. The molecule has 0 aromatic heterocycles. The molecule has 3 nitrogen and oxygen atoms in total. The van der Waals surface area contributed by atoms with Gasteiger partial charge < -0.3 is 14.2 Å². The number of ether oxygens (including phenoxy) is 3. The molecule has 1 rings (SSSR count). The van der Waals surface area contributed by atoms with Gasteiger partial charge in [-0.15, -0.1) is 0 Å². The fourth-order valence-electron chi connectivity index (χ4n) is 2.95. The first kappa shape index (κ1) is 20.7. The summed E-state index contributed by atoms with van der Waals surface area (Å²) in [6.07, 6.45) is 5.72. The summed E-state index contributed by atoms with van der Waals surface area (Å²) in [5.74, 6) is 2.99. The van der Waals surface area contributed by atoms with E-state index in [2.05, 4.69) is 41.5 Å². The second kappa shape index (κ2) is 11.2. The van der Waals surface area contributed by atoms with Crippen LogP contribution in [-0.4, -0.2) is 19.8 Å². The SMILES string of the molecule is CCCOc1c(CC)c(OCCC)c(CC)c(OCCC)c1CC. The zero-order valence-electron chi connectivity index (χ0n) is 16.6. The minimum absolute atomic E-state index is 0.728. The Hall–Kier alpha value is -1.38. The van der Waals surface area contributed by atoms with E-state index in [1.165, 1.54) is 16.7 Å². The van der Waals surface area contributed by atoms with Gasteiger partial charge in [-0.25, -0.2) is 0 Å². The third-order valence-corrected chi connectivity index (χ3v) is 4.06. The smallest absolute Gasteiger partial charge is 0.133 e. The molecule has 0 bridgehead atoms. The van der Waals surface area contributed by atoms with Crippen LogP contribution in [0.4, 0.5) is 0 Å². The summed E-state index contributed by atoms with van der Waals surface area (Å²) in [6.45, 7) is 15.1. The van der Waals surface area contributed by atoms with Crippen LogP contribution in [0.3, 0.4) is 0 Å². The Labute approximate surface area is 148 Å². The maximum Gasteiger partial charge on any atom is 0.133 e. The Bertz CT molecular complexity index is 402. The first-order chi connectivity index (χ1) is 11.7. The fourth-order valence-corrected chi connectivity index (χ4v) is 2.95. The molecule has 0 saturated carbocycles. The minimum atomic E-state index is 0.728. The highest BCUT2D eigenvalue weighted by molar-refractivity contribution is 5.63. The Morgan fingerprint density at radius 2 is 0.708 bits per heavy atom. The number of benzene rings is 1. The molecule has 0 unspecified atom stereocenters. The minimum Gasteiger partial charge on any atom is -0.493 e. The molecule has 0 amide bonds. The summed E-state index contributed by atoms with van der Waals surface area (Å²) in [4.78, 5) is 0. The zero-order chi connectivity index (χ0) is 17.9. The third-order valence-electron chi connectivity index (χ3n) is 4.06. The van der Waals surface area contributed by atoms with Crippen molar-refractivity contribution in [1.29, 1.82) is 0 Å². The highest BCUT2D eigenvalue weighted by Crippen LogP contribution is 2.45. The van der Waals surface area contributed by atoms with Gasteiger partial charge in [-0.05, 0) is 38.5 Å². The van der Waals surface area contributed by atoms with Crippen LogP contribution in [-0.2, 0) is 19.3 Å². The van der Waals surface area contributed by atoms with E-state index >= 15 is 0 Å². The quantitative estimate of drug-likeness (QED) is 0.487. The average Bonchev–Trinajstić information content (AvgIpc) is 2.61. The summed E-state index contributed by atoms with van der Waals surface area (Å²) >= 11 is 0. The Morgan fingerprint density at radius 3 is 0.875 bits per heavy atom. The molecule has 3 heteroatoms. The molecule has 0 heterocycles. The second-order valence-corrected chi connectivity index (χ2v) is 6.03. The molecule has 0 aliphatic carbocycles. The van der Waals surface area contributed by atoms with E-state index in [0.29, 0.717) is 0 Å². The molecule has 0 radical (unpaired) electrons. The standard InChI is InChI=1S/C21H36O3/c1-7-13-22-19-16(10-4)20(23-14-8-2)18(12-6)21(17(19)11-5)24-15-9-3/h7-15H2,1-6H3. The fraction of sp³-hybridized carbons (Fsp3) is 0.714. The summed E-state index contributed by atoms with van der Waals surface area (Å²) in [7, 11) is 0. The van der Waals surface area contributed by atoms with Gasteiger partial charge in [0.05, 0.1) is 19.8 Å². The van der Waals surface area contributed by atoms with Crippen LogP contribution >= 0.6 is 0 Å². The van der Waals surface area contributed by atoms with Gasteiger partial charge in [-0.1, -0.05) is 41.5 Å². The van der Waals surface area contributed by atoms with E-state index in [1.807, 2.05) is 0 Å². The Morgan fingerprint density at radius 1 is 0.458 bits per heavy atom. The summed E-state index contributed by atoms with van der Waals surface area (Å²) < 4.78 is 18.5. The third kappa shape index (κ3) is 4.81. The van der Waals surface area contributed by atoms with Crippen molar-refractivity contribution in [3.8, 4) is 17.2 Å². The second-order valence-electron chi connectivity index (χ2n) is 6.03. The van der Waals surface area contributed by atoms with Gasteiger partial charge >= 0.3 is 0 Å². The van der Waals surface area contributed by atoms with Gasteiger partial charge in [-0.3, -0.25) is 0 Å². The lowest BCUT2D eigenvalue weighted by atomic mass is 9.95. The van der Waals surface area contributed by atoms with Crippen molar-refractivity contribution < 1.29 is 14.2 Å². The summed E-state index contributed by atoms with van der Waals surface area (Å²) in [6, 6.07) is 0. The average molecular weight is 337 g/mol. The van der Waals surface area contributed by atoms with Gasteiger partial charge in [-0.2, -0.15) is 0 Å². The van der Waals surface area contributed by atoms with Gasteiger partial charge in [0, 0.05) is 16.7 Å². The van der Waals surface area contributed by atoms with E-state index < -0.39 is 0 Å². The van der Waals surface area contributed by atoms with E-state index in [0.717, 1.165) is 75.6 Å². The maximum atomic E-state index is 6.18. The normalized spacial score (nSPS) is 10.8. The lowest BCUT2D eigenvalue weighted by Gasteiger charge is -2.25. The lowest BCUT2D eigenvalue weighted by Crippen LogP contribution is -2.12. The lowest BCUT2D eigenvalue weighted by molar-refractivity contribution is 0.274. The van der Waals surface area contributed by atoms with E-state index in [1.54, 1.807) is 0 Å². The predicted octanol–water partition coefficient (Wildman–Crippen LogP) is 5.74. The van der Waals surface area contributed by atoms with Crippen LogP contribution < -0.4 is 14.2 Å². The monoisotopic (exact) mass is 336 g/mol. The molecule has 0 fully saturated rings. The number of rotatable bonds is 12. The highest BCUT2D eigenvalue weighted by Gasteiger charge is 2.24. The highest BCUT2D eigenvalue weighted by atomic mass is 16.5. The van der Waals surface area contributed by atoms with Crippen molar-refractivity contribution in [2.45, 2.75) is 80.1 Å². The van der Waals surface area contributed by atoms with Crippen LogP contribution in [0.5, 0.6) is 17.2 Å². The molecule has 0 spiro atoms. The van der Waals surface area contributed by atoms with Gasteiger partial charge in [0.15, 0.2) is 0 Å². The van der Waals surface area contributed by atoms with Crippen molar-refractivity contribution in [1.82, 2.24) is 0 Å². The molecule has 0 atom stereocenters. The van der Waals surface area contributed by atoms with E-state index in [4.69, 9.17) is 14.2 Å². The maximum absolute atomic E-state index is 6.18. The van der Waals surface area contributed by atoms with Crippen LogP contribution in [0.15, 0.2) is 0 Å². The van der Waals surface area contributed by atoms with Crippen LogP contribution in [0.25, 0.3) is 0 Å². The number of hydrogen-bond acceptors (Lipinski definition) is 3. The topological polar surface area (TPSA) is 27.7 Å². The van der Waals surface area contributed by atoms with Crippen molar-refractivity contribution in [3.05, 3.63) is 16.7 Å². The molecule has 1 aromatic rings. The van der Waals surface area contributed by atoms with E-state index in [-0.39, 0.29) is 0 Å². The van der Waals surface area contributed by atoms with Crippen molar-refractivity contribution in [3.63, 3.8) is 0 Å². The number of hydrogen-bond donors (Lipinski definition) is 0. The summed E-state index contributed by atoms with van der Waals surface area (Å²) in [5, 5.41) is 0. The first-order valence-electron chi connectivity index (χ1n) is 9.78. The molecule has 0 aliphatic heterocycles. The van der Waals surface area contributed by atoms with Crippen molar-refractivity contribution >= 4 is 0 Å². The molecule has 0 aliphatic rings. The van der Waals surface area contributed by atoms with Crippen LogP contribution in [0.1, 0.15) is 77.5 Å². The predicted molar refractivity (Wildman–Crippen MR) is 102 cm³/mol. The molecule has 0 saturated heterocycles. The summed E-state index contributed by atoms with van der Waals surface area (Å²) in [5.41, 5.74) is 3.61. The molecular formula is C21H36O3. The largest absolute Gasteiger partial charge is 0.493 e. The zero-order valence-corrected chi connectivity index (χ0v) is 16.6. The Kier molecular flexibility index (Phi) is 9.66. The molecule has 0 N–H and O–H groups in total.